The molecule has 0 saturated carbocycles. The number of rotatable bonds is 2. The highest BCUT2D eigenvalue weighted by molar-refractivity contribution is 7.09. The van der Waals surface area contributed by atoms with Crippen LogP contribution in [0.4, 0.5) is 0 Å². The summed E-state index contributed by atoms with van der Waals surface area (Å²) in [6.45, 7) is 14.7. The maximum absolute atomic E-state index is 13.2. The number of carbonyl (C=O) groups is 2. The van der Waals surface area contributed by atoms with Crippen molar-refractivity contribution in [2.45, 2.75) is 105 Å². The Balaban J connectivity index is 2.41. The van der Waals surface area contributed by atoms with Crippen molar-refractivity contribution in [3.05, 3.63) is 33.3 Å². The lowest BCUT2D eigenvalue weighted by atomic mass is 9.73. The highest BCUT2D eigenvalue weighted by Crippen LogP contribution is 2.34. The van der Waals surface area contributed by atoms with E-state index in [1.165, 1.54) is 5.57 Å². The molecule has 1 unspecified atom stereocenters. The second-order valence-corrected chi connectivity index (χ2v) is 12.1. The van der Waals surface area contributed by atoms with Crippen LogP contribution in [0.3, 0.4) is 0 Å². The van der Waals surface area contributed by atoms with Gasteiger partial charge in [0.2, 0.25) is 0 Å². The van der Waals surface area contributed by atoms with Gasteiger partial charge in [0.05, 0.1) is 34.7 Å². The number of thiazole rings is 1. The predicted molar refractivity (Wildman–Crippen MR) is 141 cm³/mol. The third kappa shape index (κ3) is 7.58. The molecule has 2 rings (SSSR count). The highest BCUT2D eigenvalue weighted by Gasteiger charge is 2.43. The Morgan fingerprint density at radius 3 is 2.46 bits per heavy atom. The summed E-state index contributed by atoms with van der Waals surface area (Å²) in [4.78, 5) is 30.8. The maximum atomic E-state index is 13.2. The number of aliphatic hydroxyl groups is 2. The minimum Gasteiger partial charge on any atom is -0.454 e. The van der Waals surface area contributed by atoms with Crippen LogP contribution in [-0.4, -0.2) is 44.8 Å². The fourth-order valence-corrected chi connectivity index (χ4v) is 5.12. The van der Waals surface area contributed by atoms with E-state index in [1.54, 1.807) is 32.1 Å². The molecule has 1 aromatic heterocycles. The van der Waals surface area contributed by atoms with Gasteiger partial charge < -0.3 is 14.9 Å². The van der Waals surface area contributed by atoms with Gasteiger partial charge in [-0.2, -0.15) is 0 Å². The van der Waals surface area contributed by atoms with Crippen LogP contribution in [0.5, 0.6) is 0 Å². The van der Waals surface area contributed by atoms with Gasteiger partial charge in [-0.05, 0) is 64.5 Å². The minimum absolute atomic E-state index is 0.0513. The zero-order valence-electron chi connectivity index (χ0n) is 22.6. The van der Waals surface area contributed by atoms with Crippen LogP contribution in [0, 0.1) is 24.2 Å². The number of aliphatic hydroxyl groups excluding tert-OH is 2. The number of esters is 1. The number of hydrogen-bond donors (Lipinski definition) is 2. The highest BCUT2D eigenvalue weighted by atomic mass is 32.1. The van der Waals surface area contributed by atoms with Gasteiger partial charge in [0.15, 0.2) is 0 Å². The van der Waals surface area contributed by atoms with E-state index in [9.17, 15) is 19.8 Å². The molecule has 1 aliphatic rings. The molecular formula is C28H43NO5S. The van der Waals surface area contributed by atoms with E-state index < -0.39 is 35.1 Å². The van der Waals surface area contributed by atoms with Crippen LogP contribution in [0.25, 0.3) is 6.08 Å². The number of ether oxygens (including phenoxy) is 1. The van der Waals surface area contributed by atoms with E-state index in [1.807, 2.05) is 39.2 Å². The topological polar surface area (TPSA) is 96.7 Å². The van der Waals surface area contributed by atoms with Crippen molar-refractivity contribution >= 4 is 29.2 Å². The van der Waals surface area contributed by atoms with Gasteiger partial charge in [-0.25, -0.2) is 4.98 Å². The summed E-state index contributed by atoms with van der Waals surface area (Å²) in [5.74, 6) is -1.52. The van der Waals surface area contributed by atoms with E-state index >= 15 is 0 Å². The predicted octanol–water partition coefficient (Wildman–Crippen LogP) is 5.66. The van der Waals surface area contributed by atoms with E-state index in [4.69, 9.17) is 4.74 Å². The molecule has 6 nitrogen and oxygen atoms in total. The van der Waals surface area contributed by atoms with Crippen LogP contribution in [0.15, 0.2) is 22.6 Å². The molecule has 0 amide bonds. The summed E-state index contributed by atoms with van der Waals surface area (Å²) in [7, 11) is 0. The zero-order chi connectivity index (χ0) is 26.6. The first kappa shape index (κ1) is 29.4. The quantitative estimate of drug-likeness (QED) is 0.398. The summed E-state index contributed by atoms with van der Waals surface area (Å²) in [5, 5.41) is 24.6. The van der Waals surface area contributed by atoms with Crippen molar-refractivity contribution in [2.24, 2.45) is 17.3 Å². The SMILES string of the molecule is C/C1=C/CC(C)(/C(C)=C/c2csc(C)n2)OC(=O)C[C@H](O)C(C)(C)C(=O)[C@@H](C)[C@H](O)[C@H](C)CCC1. The molecular weight excluding hydrogens is 462 g/mol. The fourth-order valence-electron chi connectivity index (χ4n) is 4.55. The van der Waals surface area contributed by atoms with E-state index in [0.29, 0.717) is 6.42 Å². The Kier molecular flexibility index (Phi) is 10.0. The Bertz CT molecular complexity index is 962. The fraction of sp³-hybridized carbons (Fsp3) is 0.679. The number of nitrogens with zero attached hydrogens (tertiary/aromatic N) is 1. The molecule has 5 atom stereocenters. The molecule has 35 heavy (non-hydrogen) atoms. The first-order chi connectivity index (χ1) is 16.2. The Labute approximate surface area is 214 Å². The van der Waals surface area contributed by atoms with Gasteiger partial charge in [0.25, 0.3) is 0 Å². The summed E-state index contributed by atoms with van der Waals surface area (Å²) in [6.07, 6.45) is 4.74. The molecule has 7 heteroatoms. The van der Waals surface area contributed by atoms with Crippen LogP contribution >= 0.6 is 11.3 Å². The second kappa shape index (κ2) is 11.9. The minimum atomic E-state index is -1.23. The van der Waals surface area contributed by atoms with Crippen molar-refractivity contribution in [1.82, 2.24) is 4.98 Å². The number of ketones is 1. The molecule has 0 spiro atoms. The Morgan fingerprint density at radius 1 is 1.20 bits per heavy atom. The summed E-state index contributed by atoms with van der Waals surface area (Å²) < 4.78 is 6.00. The van der Waals surface area contributed by atoms with Gasteiger partial charge in [0, 0.05) is 17.7 Å². The molecule has 2 heterocycles. The molecule has 0 bridgehead atoms. The van der Waals surface area contributed by atoms with Crippen molar-refractivity contribution in [3.63, 3.8) is 0 Å². The number of aromatic nitrogens is 1. The first-order valence-electron chi connectivity index (χ1n) is 12.6. The molecule has 0 aromatic carbocycles. The molecule has 2 N–H and O–H groups in total. The standard InChI is InChI=1S/C28H43NO5S/c1-17-10-9-11-18(2)25(32)20(4)26(33)27(6,7)23(30)15-24(31)34-28(8,13-12-17)19(3)14-22-16-35-21(5)29-22/h12,14,16,18,20,23,25,30,32H,9-11,13,15H2,1-8H3/b17-12-,19-14+/t18-,20+,23+,25-,28?/m1/s1. The summed E-state index contributed by atoms with van der Waals surface area (Å²) in [6, 6.07) is 0. The summed E-state index contributed by atoms with van der Waals surface area (Å²) in [5.41, 5.74) is 0.743. The largest absolute Gasteiger partial charge is 0.454 e. The van der Waals surface area contributed by atoms with Crippen molar-refractivity contribution in [1.29, 1.82) is 0 Å². The summed E-state index contributed by atoms with van der Waals surface area (Å²) >= 11 is 1.56. The zero-order valence-corrected chi connectivity index (χ0v) is 23.4. The first-order valence-corrected chi connectivity index (χ1v) is 13.4. The Hall–Kier alpha value is -1.83. The third-order valence-corrected chi connectivity index (χ3v) is 8.37. The molecule has 0 radical (unpaired) electrons. The molecule has 1 aliphatic heterocycles. The Morgan fingerprint density at radius 2 is 1.86 bits per heavy atom. The normalized spacial score (nSPS) is 33.7. The van der Waals surface area contributed by atoms with Crippen LogP contribution in [0.1, 0.15) is 91.3 Å². The van der Waals surface area contributed by atoms with Crippen molar-refractivity contribution in [2.75, 3.05) is 0 Å². The molecule has 0 fully saturated rings. The number of Topliss-reactive ketones (excluding diaryl/α,β-unsaturated/α-hetero) is 1. The third-order valence-electron chi connectivity index (χ3n) is 7.58. The lowest BCUT2D eigenvalue weighted by Crippen LogP contribution is -2.46. The molecule has 0 saturated heterocycles. The van der Waals surface area contributed by atoms with Gasteiger partial charge >= 0.3 is 5.97 Å². The van der Waals surface area contributed by atoms with Crippen molar-refractivity contribution in [3.8, 4) is 0 Å². The van der Waals surface area contributed by atoms with Crippen LogP contribution in [-0.2, 0) is 14.3 Å². The molecule has 0 aliphatic carbocycles. The lowest BCUT2D eigenvalue weighted by molar-refractivity contribution is -0.160. The second-order valence-electron chi connectivity index (χ2n) is 11.0. The van der Waals surface area contributed by atoms with Crippen LogP contribution < -0.4 is 0 Å². The van der Waals surface area contributed by atoms with Gasteiger partial charge in [0.1, 0.15) is 11.4 Å². The lowest BCUT2D eigenvalue weighted by Gasteiger charge is -2.35. The average Bonchev–Trinajstić information content (AvgIpc) is 3.19. The van der Waals surface area contributed by atoms with Gasteiger partial charge in [-0.1, -0.05) is 39.3 Å². The average molecular weight is 506 g/mol. The maximum Gasteiger partial charge on any atom is 0.309 e. The molecule has 1 aromatic rings. The van der Waals surface area contributed by atoms with Crippen LogP contribution in [0.2, 0.25) is 0 Å². The number of allylic oxidation sites excluding steroid dienone is 1. The monoisotopic (exact) mass is 505 g/mol. The van der Waals surface area contributed by atoms with E-state index in [-0.39, 0.29) is 18.1 Å². The number of carbonyl (C=O) groups excluding carboxylic acids is 2. The number of aryl methyl sites for hydroxylation is 1. The van der Waals surface area contributed by atoms with Gasteiger partial charge in [-0.15, -0.1) is 11.3 Å². The van der Waals surface area contributed by atoms with Gasteiger partial charge in [-0.3, -0.25) is 9.59 Å². The smallest absolute Gasteiger partial charge is 0.309 e. The number of hydrogen-bond acceptors (Lipinski definition) is 7. The number of cyclic esters (lactones) is 1. The van der Waals surface area contributed by atoms with E-state index in [2.05, 4.69) is 18.0 Å². The molecule has 196 valence electrons. The van der Waals surface area contributed by atoms with E-state index in [0.717, 1.165) is 35.5 Å². The van der Waals surface area contributed by atoms with Crippen molar-refractivity contribution < 1.29 is 24.5 Å².